The van der Waals surface area contributed by atoms with Crippen LogP contribution in [0.15, 0.2) is 72.3 Å². The molecule has 0 fully saturated rings. The number of hydrogen-bond acceptors (Lipinski definition) is 2. The number of Topliss-reactive ketones (excluding diaryl/α,β-unsaturated/α-hetero) is 1. The molecular weight excluding hydrogens is 310 g/mol. The Labute approximate surface area is 141 Å². The number of ketones is 1. The highest BCUT2D eigenvalue weighted by Gasteiger charge is 2.32. The molecule has 2 aromatic carbocycles. The monoisotopic (exact) mass is 327 g/mol. The maximum atomic E-state index is 12.6. The van der Waals surface area contributed by atoms with Crippen molar-refractivity contribution in [3.05, 3.63) is 83.4 Å². The molecule has 0 aliphatic heterocycles. The normalized spacial score (nSPS) is 13.0. The molecule has 0 spiro atoms. The topological polar surface area (TPSA) is 46.2 Å². The lowest BCUT2D eigenvalue weighted by molar-refractivity contribution is -0.118. The lowest BCUT2D eigenvalue weighted by Gasteiger charge is -2.31. The second kappa shape index (κ2) is 7.25. The number of amides is 1. The van der Waals surface area contributed by atoms with Gasteiger partial charge in [-0.05, 0) is 12.5 Å². The van der Waals surface area contributed by atoms with Crippen molar-refractivity contribution in [3.63, 3.8) is 0 Å². The van der Waals surface area contributed by atoms with Gasteiger partial charge in [-0.2, -0.15) is 0 Å². The molecule has 0 aliphatic carbocycles. The molecule has 0 heterocycles. The van der Waals surface area contributed by atoms with E-state index in [0.717, 1.165) is 5.56 Å². The average Bonchev–Trinajstić information content (AvgIpc) is 2.56. The van der Waals surface area contributed by atoms with Crippen LogP contribution < -0.4 is 5.32 Å². The highest BCUT2D eigenvalue weighted by molar-refractivity contribution is 6.41. The van der Waals surface area contributed by atoms with Crippen molar-refractivity contribution in [1.82, 2.24) is 5.32 Å². The van der Waals surface area contributed by atoms with Crippen LogP contribution >= 0.6 is 11.6 Å². The number of carbonyl (C=O) groups excluding carboxylic acids is 2. The van der Waals surface area contributed by atoms with E-state index in [9.17, 15) is 9.59 Å². The van der Waals surface area contributed by atoms with Gasteiger partial charge in [0.2, 0.25) is 0 Å². The molecule has 4 heteroatoms. The molecule has 0 aliphatic rings. The van der Waals surface area contributed by atoms with Gasteiger partial charge in [0.15, 0.2) is 5.78 Å². The molecule has 1 amide bonds. The largest absolute Gasteiger partial charge is 0.342 e. The van der Waals surface area contributed by atoms with Crippen molar-refractivity contribution in [3.8, 4) is 0 Å². The molecule has 0 aromatic heterocycles. The van der Waals surface area contributed by atoms with Crippen molar-refractivity contribution >= 4 is 23.3 Å². The van der Waals surface area contributed by atoms with Crippen LogP contribution in [-0.4, -0.2) is 11.7 Å². The summed E-state index contributed by atoms with van der Waals surface area (Å²) in [6, 6.07) is 18.3. The highest BCUT2D eigenvalue weighted by atomic mass is 35.5. The van der Waals surface area contributed by atoms with Crippen LogP contribution in [0, 0.1) is 0 Å². The van der Waals surface area contributed by atoms with Crippen molar-refractivity contribution in [2.75, 3.05) is 0 Å². The predicted molar refractivity (Wildman–Crippen MR) is 92.3 cm³/mol. The Hall–Kier alpha value is -2.39. The molecule has 0 saturated carbocycles. The second-order valence-corrected chi connectivity index (χ2v) is 5.98. The van der Waals surface area contributed by atoms with E-state index >= 15 is 0 Å². The summed E-state index contributed by atoms with van der Waals surface area (Å²) in [6.07, 6.45) is 0.122. The molecule has 2 aromatic rings. The van der Waals surface area contributed by atoms with Gasteiger partial charge in [0.05, 0.1) is 10.6 Å². The van der Waals surface area contributed by atoms with Crippen LogP contribution in [0.25, 0.3) is 0 Å². The molecule has 118 valence electrons. The number of hydrogen-bond donors (Lipinski definition) is 1. The van der Waals surface area contributed by atoms with Crippen molar-refractivity contribution in [2.45, 2.75) is 18.9 Å². The SMILES string of the molecule is C=C(Cl)C(=O)NC(C)(CC(=O)c1ccccc1)c1ccccc1. The summed E-state index contributed by atoms with van der Waals surface area (Å²) >= 11 is 5.68. The molecule has 2 rings (SSSR count). The summed E-state index contributed by atoms with van der Waals surface area (Å²) in [6.45, 7) is 5.25. The Kier molecular flexibility index (Phi) is 5.35. The van der Waals surface area contributed by atoms with Crippen LogP contribution in [-0.2, 0) is 10.3 Å². The molecule has 23 heavy (non-hydrogen) atoms. The number of benzene rings is 2. The zero-order valence-electron chi connectivity index (χ0n) is 12.9. The van der Waals surface area contributed by atoms with Crippen LogP contribution in [0.5, 0.6) is 0 Å². The minimum Gasteiger partial charge on any atom is -0.342 e. The number of rotatable bonds is 6. The predicted octanol–water partition coefficient (Wildman–Crippen LogP) is 4.04. The molecule has 1 atom stereocenters. The smallest absolute Gasteiger partial charge is 0.262 e. The van der Waals surface area contributed by atoms with Gasteiger partial charge in [0.25, 0.3) is 5.91 Å². The maximum absolute atomic E-state index is 12.6. The first kappa shape index (κ1) is 17.0. The summed E-state index contributed by atoms with van der Waals surface area (Å²) < 4.78 is 0. The Morgan fingerprint density at radius 2 is 1.57 bits per heavy atom. The summed E-state index contributed by atoms with van der Waals surface area (Å²) in [7, 11) is 0. The number of nitrogens with one attached hydrogen (secondary N) is 1. The van der Waals surface area contributed by atoms with E-state index < -0.39 is 11.4 Å². The molecule has 0 bridgehead atoms. The first-order chi connectivity index (χ1) is 10.9. The minimum atomic E-state index is -0.872. The van der Waals surface area contributed by atoms with E-state index in [1.807, 2.05) is 48.5 Å². The maximum Gasteiger partial charge on any atom is 0.262 e. The fourth-order valence-electron chi connectivity index (χ4n) is 2.39. The molecule has 0 radical (unpaired) electrons. The van der Waals surface area contributed by atoms with E-state index in [2.05, 4.69) is 11.9 Å². The molecule has 1 unspecified atom stereocenters. The fourth-order valence-corrected chi connectivity index (χ4v) is 2.44. The van der Waals surface area contributed by atoms with E-state index in [1.165, 1.54) is 0 Å². The van der Waals surface area contributed by atoms with Crippen LogP contribution in [0.4, 0.5) is 0 Å². The fraction of sp³-hybridized carbons (Fsp3) is 0.158. The number of carbonyl (C=O) groups is 2. The van der Waals surface area contributed by atoms with E-state index in [0.29, 0.717) is 5.56 Å². The Morgan fingerprint density at radius 1 is 1.04 bits per heavy atom. The number of halogens is 1. The quantitative estimate of drug-likeness (QED) is 0.643. The summed E-state index contributed by atoms with van der Waals surface area (Å²) in [5, 5.41) is 2.71. The van der Waals surface area contributed by atoms with Crippen molar-refractivity contribution < 1.29 is 9.59 Å². The second-order valence-electron chi connectivity index (χ2n) is 5.52. The Bertz CT molecular complexity index is 713. The minimum absolute atomic E-state index is 0.0579. The molecular formula is C19H18ClNO2. The summed E-state index contributed by atoms with van der Waals surface area (Å²) in [5.41, 5.74) is 0.562. The van der Waals surface area contributed by atoms with Gasteiger partial charge < -0.3 is 5.32 Å². The van der Waals surface area contributed by atoms with Crippen molar-refractivity contribution in [1.29, 1.82) is 0 Å². The first-order valence-electron chi connectivity index (χ1n) is 7.23. The standard InChI is InChI=1S/C19H18ClNO2/c1-14(20)18(23)21-19(2,16-11-7-4-8-12-16)13-17(22)15-9-5-3-6-10-15/h3-12H,1,13H2,2H3,(H,21,23). The van der Waals surface area contributed by atoms with Gasteiger partial charge in [-0.25, -0.2) is 0 Å². The Morgan fingerprint density at radius 3 is 2.09 bits per heavy atom. The van der Waals surface area contributed by atoms with E-state index in [-0.39, 0.29) is 17.2 Å². The molecule has 3 nitrogen and oxygen atoms in total. The zero-order valence-corrected chi connectivity index (χ0v) is 13.6. The van der Waals surface area contributed by atoms with Gasteiger partial charge in [0, 0.05) is 12.0 Å². The highest BCUT2D eigenvalue weighted by Crippen LogP contribution is 2.27. The first-order valence-corrected chi connectivity index (χ1v) is 7.61. The third-order valence-corrected chi connectivity index (χ3v) is 3.83. The van der Waals surface area contributed by atoms with Crippen LogP contribution in [0.1, 0.15) is 29.3 Å². The lowest BCUT2D eigenvalue weighted by atomic mass is 9.85. The van der Waals surface area contributed by atoms with E-state index in [4.69, 9.17) is 11.6 Å². The molecule has 0 saturated heterocycles. The van der Waals surface area contributed by atoms with Gasteiger partial charge in [-0.1, -0.05) is 78.8 Å². The lowest BCUT2D eigenvalue weighted by Crippen LogP contribution is -2.45. The van der Waals surface area contributed by atoms with Gasteiger partial charge in [-0.15, -0.1) is 0 Å². The van der Waals surface area contributed by atoms with Gasteiger partial charge in [0.1, 0.15) is 0 Å². The zero-order chi connectivity index (χ0) is 16.9. The molecule has 1 N–H and O–H groups in total. The van der Waals surface area contributed by atoms with E-state index in [1.54, 1.807) is 19.1 Å². The summed E-state index contributed by atoms with van der Waals surface area (Å²) in [4.78, 5) is 24.6. The van der Waals surface area contributed by atoms with Crippen LogP contribution in [0.2, 0.25) is 0 Å². The third-order valence-electron chi connectivity index (χ3n) is 3.66. The van der Waals surface area contributed by atoms with Crippen molar-refractivity contribution in [2.24, 2.45) is 0 Å². The average molecular weight is 328 g/mol. The van der Waals surface area contributed by atoms with Crippen LogP contribution in [0.3, 0.4) is 0 Å². The third kappa shape index (κ3) is 4.30. The van der Waals surface area contributed by atoms with Gasteiger partial charge in [-0.3, -0.25) is 9.59 Å². The Balaban J connectivity index is 2.32. The summed E-state index contributed by atoms with van der Waals surface area (Å²) in [5.74, 6) is -0.545. The van der Waals surface area contributed by atoms with Gasteiger partial charge >= 0.3 is 0 Å².